The lowest BCUT2D eigenvalue weighted by Crippen LogP contribution is -2.16. The van der Waals surface area contributed by atoms with Crippen molar-refractivity contribution in [1.82, 2.24) is 0 Å². The first kappa shape index (κ1) is 15.4. The Morgan fingerprint density at radius 3 is 2.29 bits per heavy atom. The van der Waals surface area contributed by atoms with Crippen LogP contribution in [0.2, 0.25) is 0 Å². The molecule has 0 radical (unpaired) electrons. The van der Waals surface area contributed by atoms with Crippen LogP contribution in [0.5, 0.6) is 0 Å². The van der Waals surface area contributed by atoms with Crippen LogP contribution >= 0.6 is 0 Å². The summed E-state index contributed by atoms with van der Waals surface area (Å²) < 4.78 is 65.9. The zero-order valence-electron chi connectivity index (χ0n) is 11.2. The number of benzene rings is 2. The van der Waals surface area contributed by atoms with E-state index in [1.54, 1.807) is 26.0 Å². The highest BCUT2D eigenvalue weighted by Gasteiger charge is 2.21. The first-order valence-electron chi connectivity index (χ1n) is 5.96. The molecule has 2 aromatic carbocycles. The van der Waals surface area contributed by atoms with Crippen LogP contribution in [0, 0.1) is 31.3 Å². The van der Waals surface area contributed by atoms with Crippen molar-refractivity contribution in [3.63, 3.8) is 0 Å². The monoisotopic (exact) mass is 315 g/mol. The number of sulfonamides is 1. The summed E-state index contributed by atoms with van der Waals surface area (Å²) in [6.45, 7) is 3.28. The minimum Gasteiger partial charge on any atom is -0.277 e. The lowest BCUT2D eigenvalue weighted by atomic mass is 10.2. The van der Waals surface area contributed by atoms with Crippen molar-refractivity contribution in [3.8, 4) is 0 Å². The fourth-order valence-electron chi connectivity index (χ4n) is 1.80. The second-order valence-electron chi connectivity index (χ2n) is 4.60. The van der Waals surface area contributed by atoms with E-state index in [0.29, 0.717) is 17.2 Å². The van der Waals surface area contributed by atoms with E-state index < -0.39 is 33.2 Å². The number of halogens is 3. The minimum absolute atomic E-state index is 0.0494. The predicted octanol–water partition coefficient (Wildman–Crippen LogP) is 3.52. The predicted molar refractivity (Wildman–Crippen MR) is 73.0 cm³/mol. The van der Waals surface area contributed by atoms with E-state index in [1.807, 2.05) is 4.72 Å². The standard InChI is InChI=1S/C14H12F3NO2S/c1-8-3-4-9(2)12(7-8)21(19,20)18-11-6-5-10(15)13(16)14(11)17/h3-7,18H,1-2H3. The van der Waals surface area contributed by atoms with Crippen molar-refractivity contribution in [2.75, 3.05) is 4.72 Å². The summed E-state index contributed by atoms with van der Waals surface area (Å²) in [7, 11) is -4.10. The Labute approximate surface area is 120 Å². The van der Waals surface area contributed by atoms with Crippen LogP contribution in [0.25, 0.3) is 0 Å². The third-order valence-corrected chi connectivity index (χ3v) is 4.42. The molecule has 0 spiro atoms. The molecule has 0 fully saturated rings. The van der Waals surface area contributed by atoms with Crippen LogP contribution in [0.3, 0.4) is 0 Å². The molecule has 0 atom stereocenters. The molecule has 0 amide bonds. The molecule has 0 unspecified atom stereocenters. The highest BCUT2D eigenvalue weighted by Crippen LogP contribution is 2.24. The van der Waals surface area contributed by atoms with Crippen LogP contribution in [-0.4, -0.2) is 8.42 Å². The fraction of sp³-hybridized carbons (Fsp3) is 0.143. The van der Waals surface area contributed by atoms with Gasteiger partial charge in [0.15, 0.2) is 17.5 Å². The van der Waals surface area contributed by atoms with Gasteiger partial charge >= 0.3 is 0 Å². The summed E-state index contributed by atoms with van der Waals surface area (Å²) in [5.74, 6) is -4.69. The van der Waals surface area contributed by atoms with Crippen molar-refractivity contribution in [3.05, 3.63) is 58.9 Å². The van der Waals surface area contributed by atoms with Crippen LogP contribution in [0.15, 0.2) is 35.2 Å². The summed E-state index contributed by atoms with van der Waals surface area (Å²) in [4.78, 5) is -0.0494. The summed E-state index contributed by atoms with van der Waals surface area (Å²) in [6.07, 6.45) is 0. The number of aryl methyl sites for hydroxylation is 2. The highest BCUT2D eigenvalue weighted by molar-refractivity contribution is 7.92. The summed E-state index contributed by atoms with van der Waals surface area (Å²) in [6, 6.07) is 6.23. The number of hydrogen-bond acceptors (Lipinski definition) is 2. The zero-order valence-corrected chi connectivity index (χ0v) is 12.1. The van der Waals surface area contributed by atoms with Crippen molar-refractivity contribution >= 4 is 15.7 Å². The topological polar surface area (TPSA) is 46.2 Å². The van der Waals surface area contributed by atoms with Gasteiger partial charge in [-0.25, -0.2) is 21.6 Å². The lowest BCUT2D eigenvalue weighted by Gasteiger charge is -2.12. The smallest absolute Gasteiger partial charge is 0.262 e. The van der Waals surface area contributed by atoms with Gasteiger partial charge in [-0.1, -0.05) is 12.1 Å². The van der Waals surface area contributed by atoms with Gasteiger partial charge in [-0.2, -0.15) is 0 Å². The molecule has 0 aromatic heterocycles. The summed E-state index contributed by atoms with van der Waals surface area (Å²) >= 11 is 0. The van der Waals surface area contributed by atoms with Crippen molar-refractivity contribution in [2.45, 2.75) is 18.7 Å². The van der Waals surface area contributed by atoms with Crippen molar-refractivity contribution in [1.29, 1.82) is 0 Å². The number of hydrogen-bond donors (Lipinski definition) is 1. The largest absolute Gasteiger partial charge is 0.277 e. The maximum Gasteiger partial charge on any atom is 0.262 e. The quantitative estimate of drug-likeness (QED) is 0.881. The second-order valence-corrected chi connectivity index (χ2v) is 6.25. The Morgan fingerprint density at radius 1 is 0.952 bits per heavy atom. The minimum atomic E-state index is -4.10. The average molecular weight is 315 g/mol. The molecule has 0 heterocycles. The Balaban J connectivity index is 2.47. The van der Waals surface area contributed by atoms with Crippen LogP contribution < -0.4 is 4.72 Å². The van der Waals surface area contributed by atoms with Crippen LogP contribution in [0.1, 0.15) is 11.1 Å². The van der Waals surface area contributed by atoms with E-state index in [-0.39, 0.29) is 4.90 Å². The number of anilines is 1. The molecular weight excluding hydrogens is 303 g/mol. The van der Waals surface area contributed by atoms with E-state index in [4.69, 9.17) is 0 Å². The van der Waals surface area contributed by atoms with E-state index in [0.717, 1.165) is 6.07 Å². The molecule has 0 saturated heterocycles. The number of nitrogens with one attached hydrogen (secondary N) is 1. The molecular formula is C14H12F3NO2S. The molecule has 2 rings (SSSR count). The average Bonchev–Trinajstić information content (AvgIpc) is 2.42. The van der Waals surface area contributed by atoms with Crippen LogP contribution in [-0.2, 0) is 10.0 Å². The highest BCUT2D eigenvalue weighted by atomic mass is 32.2. The third-order valence-electron chi connectivity index (χ3n) is 2.91. The molecule has 0 bridgehead atoms. The van der Waals surface area contributed by atoms with Gasteiger partial charge in [0.2, 0.25) is 0 Å². The summed E-state index contributed by atoms with van der Waals surface area (Å²) in [5.41, 5.74) is 0.512. The summed E-state index contributed by atoms with van der Waals surface area (Å²) in [5, 5.41) is 0. The number of rotatable bonds is 3. The first-order valence-corrected chi connectivity index (χ1v) is 7.44. The SMILES string of the molecule is Cc1ccc(C)c(S(=O)(=O)Nc2ccc(F)c(F)c2F)c1. The van der Waals surface area contributed by atoms with Gasteiger partial charge in [0.1, 0.15) is 0 Å². The van der Waals surface area contributed by atoms with Crippen molar-refractivity contribution in [2.24, 2.45) is 0 Å². The molecule has 1 N–H and O–H groups in total. The van der Waals surface area contributed by atoms with Gasteiger partial charge in [-0.05, 0) is 43.2 Å². The molecule has 0 aliphatic heterocycles. The van der Waals surface area contributed by atoms with Gasteiger partial charge in [-0.15, -0.1) is 0 Å². The van der Waals surface area contributed by atoms with Gasteiger partial charge in [-0.3, -0.25) is 4.72 Å². The normalized spacial score (nSPS) is 11.5. The van der Waals surface area contributed by atoms with E-state index in [2.05, 4.69) is 0 Å². The van der Waals surface area contributed by atoms with Crippen LogP contribution in [0.4, 0.5) is 18.9 Å². The van der Waals surface area contributed by atoms with Gasteiger partial charge < -0.3 is 0 Å². The fourth-order valence-corrected chi connectivity index (χ4v) is 3.19. The lowest BCUT2D eigenvalue weighted by molar-refractivity contribution is 0.449. The molecule has 112 valence electrons. The second kappa shape index (κ2) is 5.40. The molecule has 0 aliphatic rings. The molecule has 0 aliphatic carbocycles. The van der Waals surface area contributed by atoms with Gasteiger partial charge in [0, 0.05) is 0 Å². The van der Waals surface area contributed by atoms with Gasteiger partial charge in [0.25, 0.3) is 10.0 Å². The molecule has 21 heavy (non-hydrogen) atoms. The third kappa shape index (κ3) is 3.02. The van der Waals surface area contributed by atoms with E-state index in [9.17, 15) is 21.6 Å². The van der Waals surface area contributed by atoms with Gasteiger partial charge in [0.05, 0.1) is 10.6 Å². The molecule has 7 heteroatoms. The maximum atomic E-state index is 13.5. The Kier molecular flexibility index (Phi) is 3.95. The molecule has 3 nitrogen and oxygen atoms in total. The van der Waals surface area contributed by atoms with E-state index >= 15 is 0 Å². The van der Waals surface area contributed by atoms with Crippen molar-refractivity contribution < 1.29 is 21.6 Å². The first-order chi connectivity index (χ1) is 9.72. The maximum absolute atomic E-state index is 13.5. The zero-order chi connectivity index (χ0) is 15.8. The Bertz CT molecular complexity index is 804. The Morgan fingerprint density at radius 2 is 1.62 bits per heavy atom. The van der Waals surface area contributed by atoms with E-state index in [1.165, 1.54) is 6.07 Å². The molecule has 2 aromatic rings. The Hall–Kier alpha value is -2.02. The molecule has 0 saturated carbocycles.